The number of urea groups is 1. The van der Waals surface area contributed by atoms with E-state index in [0.29, 0.717) is 5.57 Å². The van der Waals surface area contributed by atoms with Gasteiger partial charge in [-0.05, 0) is 80.2 Å². The molecule has 0 radical (unpaired) electrons. The van der Waals surface area contributed by atoms with Crippen molar-refractivity contribution in [3.63, 3.8) is 0 Å². The normalized spacial score (nSPS) is 28.5. The molecule has 7 nitrogen and oxygen atoms in total. The van der Waals surface area contributed by atoms with Crippen molar-refractivity contribution in [3.8, 4) is 0 Å². The summed E-state index contributed by atoms with van der Waals surface area (Å²) in [5.41, 5.74) is 5.17. The van der Waals surface area contributed by atoms with Gasteiger partial charge in [-0.3, -0.25) is 4.79 Å². The Morgan fingerprint density at radius 3 is 2.42 bits per heavy atom. The van der Waals surface area contributed by atoms with Crippen molar-refractivity contribution in [2.24, 2.45) is 10.3 Å². The smallest absolute Gasteiger partial charge is 0.331 e. The molecule has 0 saturated heterocycles. The van der Waals surface area contributed by atoms with Crippen molar-refractivity contribution >= 4 is 27.5 Å². The minimum Gasteiger partial charge on any atom is -0.386 e. The number of amides is 3. The SMILES string of the molecule is CC(C)(O)C1=CC2C(C=C1)C(=O)N=S2(=O)NC(=O)Nc1c2c(cc3c1CCC3)CCC2. The second kappa shape index (κ2) is 7.03. The van der Waals surface area contributed by atoms with E-state index in [1.54, 1.807) is 32.1 Å². The molecule has 0 bridgehead atoms. The van der Waals surface area contributed by atoms with Crippen LogP contribution in [0.15, 0.2) is 34.2 Å². The molecular weight excluding hydrogens is 414 g/mol. The third-order valence-corrected chi connectivity index (χ3v) is 8.81. The minimum absolute atomic E-state index is 0.515. The Labute approximate surface area is 182 Å². The summed E-state index contributed by atoms with van der Waals surface area (Å²) in [7, 11) is -3.37. The van der Waals surface area contributed by atoms with Crippen molar-refractivity contribution in [2.45, 2.75) is 63.2 Å². The first kappa shape index (κ1) is 20.5. The van der Waals surface area contributed by atoms with Gasteiger partial charge in [0.2, 0.25) is 0 Å². The van der Waals surface area contributed by atoms with Crippen LogP contribution in [-0.4, -0.2) is 32.1 Å². The van der Waals surface area contributed by atoms with Crippen LogP contribution in [0.5, 0.6) is 0 Å². The van der Waals surface area contributed by atoms with Crippen molar-refractivity contribution in [1.82, 2.24) is 4.72 Å². The van der Waals surface area contributed by atoms with Gasteiger partial charge >= 0.3 is 6.03 Å². The quantitative estimate of drug-likeness (QED) is 0.670. The molecule has 3 amide bonds. The van der Waals surface area contributed by atoms with Gasteiger partial charge in [0.15, 0.2) is 0 Å². The Balaban J connectivity index is 1.44. The molecule has 0 fully saturated rings. The van der Waals surface area contributed by atoms with E-state index in [1.807, 2.05) is 0 Å². The fourth-order valence-corrected chi connectivity index (χ4v) is 7.10. The molecule has 5 rings (SSSR count). The molecule has 1 heterocycles. The van der Waals surface area contributed by atoms with Crippen LogP contribution >= 0.6 is 0 Å². The van der Waals surface area contributed by atoms with Crippen LogP contribution < -0.4 is 10.0 Å². The summed E-state index contributed by atoms with van der Waals surface area (Å²) < 4.78 is 19.9. The lowest BCUT2D eigenvalue weighted by Gasteiger charge is -2.26. The molecule has 4 aliphatic rings. The number of aryl methyl sites for hydroxylation is 2. The highest BCUT2D eigenvalue weighted by Gasteiger charge is 2.44. The van der Waals surface area contributed by atoms with Crippen molar-refractivity contribution in [1.29, 1.82) is 0 Å². The second-order valence-corrected chi connectivity index (χ2v) is 11.4. The Bertz CT molecular complexity index is 1150. The lowest BCUT2D eigenvalue weighted by molar-refractivity contribution is -0.119. The molecule has 0 spiro atoms. The summed E-state index contributed by atoms with van der Waals surface area (Å²) in [5, 5.41) is 12.5. The Morgan fingerprint density at radius 2 is 1.81 bits per heavy atom. The summed E-state index contributed by atoms with van der Waals surface area (Å²) >= 11 is 0. The van der Waals surface area contributed by atoms with Gasteiger partial charge in [0, 0.05) is 5.69 Å². The molecule has 1 aromatic carbocycles. The van der Waals surface area contributed by atoms with Crippen LogP contribution in [0.2, 0.25) is 0 Å². The lowest BCUT2D eigenvalue weighted by atomic mass is 9.88. The maximum atomic E-state index is 13.6. The number of benzene rings is 1. The van der Waals surface area contributed by atoms with Gasteiger partial charge in [-0.15, -0.1) is 4.36 Å². The maximum absolute atomic E-state index is 13.6. The van der Waals surface area contributed by atoms with Gasteiger partial charge in [0.25, 0.3) is 5.91 Å². The molecule has 1 aromatic rings. The molecule has 0 aromatic heterocycles. The molecule has 3 aliphatic carbocycles. The van der Waals surface area contributed by atoms with Crippen LogP contribution in [0.4, 0.5) is 10.5 Å². The molecule has 164 valence electrons. The average molecular weight is 442 g/mol. The molecule has 3 N–H and O–H groups in total. The van der Waals surface area contributed by atoms with E-state index in [9.17, 15) is 18.9 Å². The number of aliphatic hydroxyl groups is 1. The minimum atomic E-state index is -3.37. The number of nitrogens with zero attached hydrogens (tertiary/aromatic N) is 1. The molecule has 1 aliphatic heterocycles. The monoisotopic (exact) mass is 441 g/mol. The van der Waals surface area contributed by atoms with Crippen LogP contribution in [0.25, 0.3) is 0 Å². The number of carbonyl (C=O) groups excluding carboxylic acids is 2. The lowest BCUT2D eigenvalue weighted by Crippen LogP contribution is -2.41. The molecular formula is C23H27N3O4S. The number of nitrogens with one attached hydrogen (secondary N) is 2. The third-order valence-electron chi connectivity index (χ3n) is 6.72. The number of anilines is 1. The first-order valence-corrected chi connectivity index (χ1v) is 12.4. The van der Waals surface area contributed by atoms with Gasteiger partial charge in [0.05, 0.1) is 16.8 Å². The van der Waals surface area contributed by atoms with Crippen molar-refractivity contribution < 1.29 is 18.9 Å². The first-order valence-electron chi connectivity index (χ1n) is 10.8. The van der Waals surface area contributed by atoms with Crippen molar-refractivity contribution in [2.75, 3.05) is 5.32 Å². The van der Waals surface area contributed by atoms with Crippen LogP contribution in [0.1, 0.15) is 48.9 Å². The molecule has 3 unspecified atom stereocenters. The van der Waals surface area contributed by atoms with Gasteiger partial charge < -0.3 is 10.4 Å². The highest BCUT2D eigenvalue weighted by molar-refractivity contribution is 7.93. The zero-order chi connectivity index (χ0) is 22.0. The van der Waals surface area contributed by atoms with E-state index >= 15 is 0 Å². The van der Waals surface area contributed by atoms with Crippen LogP contribution in [-0.2, 0) is 40.4 Å². The third kappa shape index (κ3) is 3.42. The topological polar surface area (TPSA) is 108 Å². The fourth-order valence-electron chi connectivity index (χ4n) is 5.16. The molecule has 8 heteroatoms. The highest BCUT2D eigenvalue weighted by atomic mass is 32.2. The Hall–Kier alpha value is -2.45. The van der Waals surface area contributed by atoms with Crippen LogP contribution in [0.3, 0.4) is 0 Å². The van der Waals surface area contributed by atoms with E-state index in [4.69, 9.17) is 0 Å². The maximum Gasteiger partial charge on any atom is 0.331 e. The number of fused-ring (bicyclic) bond motifs is 3. The zero-order valence-electron chi connectivity index (χ0n) is 17.7. The number of hydrogen-bond donors (Lipinski definition) is 3. The highest BCUT2D eigenvalue weighted by Crippen LogP contribution is 2.39. The van der Waals surface area contributed by atoms with Gasteiger partial charge in [-0.2, -0.15) is 0 Å². The van der Waals surface area contributed by atoms with E-state index in [1.165, 1.54) is 22.3 Å². The summed E-state index contributed by atoms with van der Waals surface area (Å²) in [6, 6.07) is 1.67. The van der Waals surface area contributed by atoms with E-state index < -0.39 is 38.6 Å². The number of hydrogen-bond acceptors (Lipinski definition) is 4. The van der Waals surface area contributed by atoms with Crippen LogP contribution in [0, 0.1) is 5.92 Å². The Morgan fingerprint density at radius 1 is 1.16 bits per heavy atom. The largest absolute Gasteiger partial charge is 0.386 e. The van der Waals surface area contributed by atoms with E-state index in [0.717, 1.165) is 44.2 Å². The zero-order valence-corrected chi connectivity index (χ0v) is 18.6. The van der Waals surface area contributed by atoms with E-state index in [2.05, 4.69) is 20.5 Å². The molecule has 31 heavy (non-hydrogen) atoms. The predicted molar refractivity (Wildman–Crippen MR) is 119 cm³/mol. The van der Waals surface area contributed by atoms with Gasteiger partial charge in [-0.1, -0.05) is 24.3 Å². The van der Waals surface area contributed by atoms with Crippen molar-refractivity contribution in [3.05, 3.63) is 52.1 Å². The molecule has 3 atom stereocenters. The number of rotatable bonds is 3. The van der Waals surface area contributed by atoms with Gasteiger partial charge in [0.1, 0.15) is 9.92 Å². The summed E-state index contributed by atoms with van der Waals surface area (Å²) in [4.78, 5) is 25.3. The first-order chi connectivity index (χ1) is 14.7. The standard InChI is InChI=1S/C23H27N3O4S/c1-23(2,29)15-9-10-18-19(12-15)31(30,25-21(18)27)26-22(28)24-20-16-7-3-5-13(16)11-14-6-4-8-17(14)20/h9-12,18-19,29H,3-8H2,1-2H3,(H2,24,25,26,27,28,30). The Kier molecular flexibility index (Phi) is 4.64. The van der Waals surface area contributed by atoms with Gasteiger partial charge in [-0.25, -0.2) is 13.7 Å². The number of carbonyl (C=O) groups is 2. The summed E-state index contributed by atoms with van der Waals surface area (Å²) in [6.45, 7) is 3.24. The van der Waals surface area contributed by atoms with E-state index in [-0.39, 0.29) is 0 Å². The summed E-state index contributed by atoms with van der Waals surface area (Å²) in [5.74, 6) is -1.21. The average Bonchev–Trinajstić information content (AvgIpc) is 3.39. The predicted octanol–water partition coefficient (Wildman–Crippen LogP) is 2.96. The second-order valence-electron chi connectivity index (χ2n) is 9.32. The molecule has 0 saturated carbocycles. The fraction of sp³-hybridized carbons (Fsp3) is 0.478. The summed E-state index contributed by atoms with van der Waals surface area (Å²) in [6.07, 6.45) is 10.9.